The Bertz CT molecular complexity index is 433. The maximum absolute atomic E-state index is 10.2. The van der Waals surface area contributed by atoms with Gasteiger partial charge in [-0.05, 0) is 6.07 Å². The molecular formula is C9H13N3O6. The minimum atomic E-state index is -2.26. The SMILES string of the molecule is NOc1nccc([C@@]2(O)O[C@H](CO)[C@@H](O)[C@H]2O)n1. The van der Waals surface area contributed by atoms with Crippen molar-refractivity contribution >= 4 is 0 Å². The summed E-state index contributed by atoms with van der Waals surface area (Å²) in [4.78, 5) is 11.6. The fraction of sp³-hybridized carbons (Fsp3) is 0.556. The lowest BCUT2D eigenvalue weighted by Gasteiger charge is -2.24. The van der Waals surface area contributed by atoms with Crippen LogP contribution in [0.1, 0.15) is 5.69 Å². The van der Waals surface area contributed by atoms with Gasteiger partial charge in [-0.3, -0.25) is 0 Å². The summed E-state index contributed by atoms with van der Waals surface area (Å²) in [6.07, 6.45) is -3.01. The van der Waals surface area contributed by atoms with Gasteiger partial charge in [0.2, 0.25) is 5.79 Å². The van der Waals surface area contributed by atoms with Crippen molar-refractivity contribution in [1.82, 2.24) is 9.97 Å². The Morgan fingerprint density at radius 1 is 1.50 bits per heavy atom. The van der Waals surface area contributed by atoms with E-state index in [4.69, 9.17) is 15.7 Å². The van der Waals surface area contributed by atoms with E-state index in [9.17, 15) is 15.3 Å². The molecule has 0 unspecified atom stereocenters. The van der Waals surface area contributed by atoms with Gasteiger partial charge in [-0.1, -0.05) is 0 Å². The molecule has 1 aliphatic rings. The Morgan fingerprint density at radius 2 is 2.22 bits per heavy atom. The number of aromatic nitrogens is 2. The van der Waals surface area contributed by atoms with E-state index in [-0.39, 0.29) is 11.7 Å². The monoisotopic (exact) mass is 259 g/mol. The molecule has 9 heteroatoms. The van der Waals surface area contributed by atoms with Gasteiger partial charge in [-0.2, -0.15) is 10.9 Å². The van der Waals surface area contributed by atoms with Crippen molar-refractivity contribution in [2.45, 2.75) is 24.1 Å². The Morgan fingerprint density at radius 3 is 2.78 bits per heavy atom. The van der Waals surface area contributed by atoms with Crippen LogP contribution in [0.4, 0.5) is 0 Å². The van der Waals surface area contributed by atoms with Crippen LogP contribution in [0.3, 0.4) is 0 Å². The van der Waals surface area contributed by atoms with Crippen LogP contribution in [-0.2, 0) is 10.5 Å². The minimum absolute atomic E-state index is 0.138. The highest BCUT2D eigenvalue weighted by molar-refractivity contribution is 5.16. The molecule has 2 rings (SSSR count). The summed E-state index contributed by atoms with van der Waals surface area (Å²) in [7, 11) is 0. The van der Waals surface area contributed by atoms with Crippen molar-refractivity contribution in [2.24, 2.45) is 5.90 Å². The molecule has 0 spiro atoms. The minimum Gasteiger partial charge on any atom is -0.394 e. The summed E-state index contributed by atoms with van der Waals surface area (Å²) in [5.74, 6) is 2.62. The summed E-state index contributed by atoms with van der Waals surface area (Å²) >= 11 is 0. The lowest BCUT2D eigenvalue weighted by molar-refractivity contribution is -0.242. The molecule has 100 valence electrons. The molecule has 2 heterocycles. The van der Waals surface area contributed by atoms with Crippen molar-refractivity contribution in [2.75, 3.05) is 6.61 Å². The highest BCUT2D eigenvalue weighted by Crippen LogP contribution is 2.36. The van der Waals surface area contributed by atoms with E-state index in [0.717, 1.165) is 0 Å². The molecule has 6 N–H and O–H groups in total. The average molecular weight is 259 g/mol. The maximum atomic E-state index is 10.2. The second-order valence-corrected chi connectivity index (χ2v) is 3.81. The Hall–Kier alpha value is -1.36. The molecule has 1 aromatic heterocycles. The molecule has 0 amide bonds. The number of nitrogens with zero attached hydrogens (tertiary/aromatic N) is 2. The first-order valence-electron chi connectivity index (χ1n) is 5.10. The predicted molar refractivity (Wildman–Crippen MR) is 54.7 cm³/mol. The van der Waals surface area contributed by atoms with Crippen molar-refractivity contribution in [3.8, 4) is 6.01 Å². The average Bonchev–Trinajstić information content (AvgIpc) is 2.64. The van der Waals surface area contributed by atoms with Crippen molar-refractivity contribution in [3.05, 3.63) is 18.0 Å². The van der Waals surface area contributed by atoms with Crippen LogP contribution >= 0.6 is 0 Å². The highest BCUT2D eigenvalue weighted by atomic mass is 16.7. The molecule has 1 aliphatic heterocycles. The van der Waals surface area contributed by atoms with Gasteiger partial charge in [0, 0.05) is 6.20 Å². The molecule has 0 bridgehead atoms. The van der Waals surface area contributed by atoms with Crippen LogP contribution in [0.5, 0.6) is 6.01 Å². The molecule has 1 fully saturated rings. The Kier molecular flexibility index (Phi) is 3.43. The number of aliphatic hydroxyl groups excluding tert-OH is 3. The van der Waals surface area contributed by atoms with Crippen LogP contribution in [0.2, 0.25) is 0 Å². The number of ether oxygens (including phenoxy) is 1. The van der Waals surface area contributed by atoms with E-state index in [2.05, 4.69) is 14.8 Å². The first kappa shape index (κ1) is 13.1. The van der Waals surface area contributed by atoms with Crippen LogP contribution in [0.15, 0.2) is 12.3 Å². The normalized spacial score (nSPS) is 35.7. The number of rotatable bonds is 3. The summed E-state index contributed by atoms with van der Waals surface area (Å²) in [6.45, 7) is -0.564. The van der Waals surface area contributed by atoms with Crippen LogP contribution < -0.4 is 10.7 Å². The van der Waals surface area contributed by atoms with Gasteiger partial charge < -0.3 is 30.0 Å². The number of hydrogen-bond donors (Lipinski definition) is 5. The third kappa shape index (κ3) is 1.92. The molecule has 1 saturated heterocycles. The second-order valence-electron chi connectivity index (χ2n) is 3.81. The number of nitrogens with two attached hydrogens (primary N) is 1. The first-order valence-corrected chi connectivity index (χ1v) is 5.10. The lowest BCUT2D eigenvalue weighted by atomic mass is 10.0. The van der Waals surface area contributed by atoms with Crippen LogP contribution in [0, 0.1) is 0 Å². The fourth-order valence-electron chi connectivity index (χ4n) is 1.76. The number of hydrogen-bond acceptors (Lipinski definition) is 9. The zero-order chi connectivity index (χ0) is 13.3. The maximum Gasteiger partial charge on any atom is 0.335 e. The first-order chi connectivity index (χ1) is 8.52. The summed E-state index contributed by atoms with van der Waals surface area (Å²) in [6, 6.07) is 1.02. The molecule has 0 saturated carbocycles. The highest BCUT2D eigenvalue weighted by Gasteiger charge is 2.55. The lowest BCUT2D eigenvalue weighted by Crippen LogP contribution is -2.41. The third-order valence-electron chi connectivity index (χ3n) is 2.72. The van der Waals surface area contributed by atoms with Crippen LogP contribution in [0.25, 0.3) is 0 Å². The smallest absolute Gasteiger partial charge is 0.335 e. The van der Waals surface area contributed by atoms with E-state index in [1.165, 1.54) is 12.3 Å². The van der Waals surface area contributed by atoms with Gasteiger partial charge in [0.05, 0.1) is 6.61 Å². The number of aliphatic hydroxyl groups is 4. The van der Waals surface area contributed by atoms with E-state index in [0.29, 0.717) is 0 Å². The summed E-state index contributed by atoms with van der Waals surface area (Å²) in [5.41, 5.74) is -0.138. The van der Waals surface area contributed by atoms with E-state index < -0.39 is 30.7 Å². The molecule has 18 heavy (non-hydrogen) atoms. The fourth-order valence-corrected chi connectivity index (χ4v) is 1.76. The van der Waals surface area contributed by atoms with Crippen molar-refractivity contribution < 1.29 is 30.0 Å². The largest absolute Gasteiger partial charge is 0.394 e. The molecule has 4 atom stereocenters. The zero-order valence-corrected chi connectivity index (χ0v) is 9.17. The van der Waals surface area contributed by atoms with Gasteiger partial charge in [0.1, 0.15) is 24.0 Å². The molecular weight excluding hydrogens is 246 g/mol. The van der Waals surface area contributed by atoms with Gasteiger partial charge in [0.25, 0.3) is 0 Å². The van der Waals surface area contributed by atoms with Gasteiger partial charge >= 0.3 is 6.01 Å². The predicted octanol–water partition coefficient (Wildman–Crippen LogP) is -3.01. The van der Waals surface area contributed by atoms with Gasteiger partial charge in [-0.15, -0.1) is 0 Å². The molecule has 0 radical (unpaired) electrons. The summed E-state index contributed by atoms with van der Waals surface area (Å²) < 4.78 is 5.03. The topological polar surface area (TPSA) is 151 Å². The van der Waals surface area contributed by atoms with Crippen molar-refractivity contribution in [1.29, 1.82) is 0 Å². The van der Waals surface area contributed by atoms with Crippen LogP contribution in [-0.4, -0.2) is 55.3 Å². The molecule has 9 nitrogen and oxygen atoms in total. The molecule has 0 aliphatic carbocycles. The Labute approximate surface area is 101 Å². The molecule has 1 aromatic rings. The van der Waals surface area contributed by atoms with E-state index in [1.54, 1.807) is 0 Å². The zero-order valence-electron chi connectivity index (χ0n) is 9.17. The summed E-state index contributed by atoms with van der Waals surface area (Å²) in [5, 5.41) is 38.5. The van der Waals surface area contributed by atoms with E-state index >= 15 is 0 Å². The van der Waals surface area contributed by atoms with E-state index in [1.807, 2.05) is 0 Å². The van der Waals surface area contributed by atoms with Crippen molar-refractivity contribution in [3.63, 3.8) is 0 Å². The quantitative estimate of drug-likeness (QED) is 0.357. The van der Waals surface area contributed by atoms with Gasteiger partial charge in [0.15, 0.2) is 0 Å². The third-order valence-corrected chi connectivity index (χ3v) is 2.72. The standard InChI is InChI=1S/C9H13N3O6/c10-18-8-11-2-1-5(12-8)9(16)7(15)6(14)4(3-13)17-9/h1-2,4,6-7,13-16H,3,10H2/t4-,6-,7-,9-/m1/s1. The second kappa shape index (κ2) is 4.72. The Balaban J connectivity index is 2.36. The molecule has 0 aromatic carbocycles. The van der Waals surface area contributed by atoms with Gasteiger partial charge in [-0.25, -0.2) is 4.98 Å².